The van der Waals surface area contributed by atoms with Crippen molar-refractivity contribution in [2.24, 2.45) is 7.05 Å². The van der Waals surface area contributed by atoms with Gasteiger partial charge in [0.25, 0.3) is 0 Å². The summed E-state index contributed by atoms with van der Waals surface area (Å²) in [6.45, 7) is 0. The summed E-state index contributed by atoms with van der Waals surface area (Å²) in [4.78, 5) is 12.8. The molecule has 0 bridgehead atoms. The van der Waals surface area contributed by atoms with Gasteiger partial charge in [0.05, 0.1) is 37.2 Å². The Labute approximate surface area is 184 Å². The number of fused-ring (bicyclic) bond motifs is 2. The molecule has 1 aliphatic carbocycles. The molecule has 32 heavy (non-hydrogen) atoms. The van der Waals surface area contributed by atoms with Crippen LogP contribution in [0, 0.1) is 0 Å². The van der Waals surface area contributed by atoms with Crippen LogP contribution < -0.4 is 9.47 Å². The number of aromatic nitrogens is 7. The number of hydrogen-bond donors (Lipinski definition) is 0. The number of hydrogen-bond acceptors (Lipinski definition) is 7. The van der Waals surface area contributed by atoms with E-state index >= 15 is 0 Å². The maximum Gasteiger partial charge on any atom is 0.319 e. The van der Waals surface area contributed by atoms with Crippen LogP contribution in [0.5, 0.6) is 11.9 Å². The van der Waals surface area contributed by atoms with E-state index < -0.39 is 0 Å². The van der Waals surface area contributed by atoms with Crippen LogP contribution in [-0.4, -0.2) is 48.6 Å². The van der Waals surface area contributed by atoms with Crippen molar-refractivity contribution in [2.75, 3.05) is 14.2 Å². The largest absolute Gasteiger partial charge is 0.480 e. The van der Waals surface area contributed by atoms with Gasteiger partial charge in [0.15, 0.2) is 5.65 Å². The molecular weight excluding hydrogens is 406 g/mol. The third kappa shape index (κ3) is 3.73. The van der Waals surface area contributed by atoms with Gasteiger partial charge in [-0.05, 0) is 30.9 Å². The minimum atomic E-state index is 0.270. The lowest BCUT2D eigenvalue weighted by molar-refractivity contribution is 0.353. The Morgan fingerprint density at radius 2 is 1.88 bits per heavy atom. The predicted molar refractivity (Wildman–Crippen MR) is 120 cm³/mol. The Hall–Kier alpha value is -4.01. The third-order valence-corrected chi connectivity index (χ3v) is 5.44. The normalized spacial score (nSPS) is 13.1. The maximum atomic E-state index is 5.36. The first-order valence-corrected chi connectivity index (χ1v) is 10.3. The molecule has 0 amide bonds. The summed E-state index contributed by atoms with van der Waals surface area (Å²) >= 11 is 0. The summed E-state index contributed by atoms with van der Waals surface area (Å²) in [6.07, 6.45) is 9.55. The molecule has 0 N–H and O–H groups in total. The standard InChI is InChI=1S/C15H15N5O2.C8H8N2/c1-21-14-11(8-17-15(18-14)22-2)12-7-10(9-3-4-9)13-16-5-6-20(13)19-12;1-10-8-5-3-2-4-7(8)6-9-10/h5-9H,3-4H2,1-2H3;2-6H,1H3. The van der Waals surface area contributed by atoms with E-state index in [0.717, 1.165) is 16.9 Å². The number of aryl methyl sites for hydroxylation is 1. The van der Waals surface area contributed by atoms with Gasteiger partial charge in [-0.3, -0.25) is 4.68 Å². The second-order valence-electron chi connectivity index (χ2n) is 7.56. The number of imidazole rings is 1. The molecule has 162 valence electrons. The van der Waals surface area contributed by atoms with Gasteiger partial charge in [0.1, 0.15) is 0 Å². The van der Waals surface area contributed by atoms with Gasteiger partial charge in [-0.1, -0.05) is 18.2 Å². The number of rotatable bonds is 4. The first-order chi connectivity index (χ1) is 15.7. The molecule has 1 aromatic carbocycles. The van der Waals surface area contributed by atoms with Gasteiger partial charge < -0.3 is 9.47 Å². The van der Waals surface area contributed by atoms with Crippen LogP contribution in [0.4, 0.5) is 0 Å². The molecule has 9 heteroatoms. The van der Waals surface area contributed by atoms with Crippen LogP contribution in [-0.2, 0) is 7.05 Å². The van der Waals surface area contributed by atoms with Gasteiger partial charge in [-0.25, -0.2) is 14.5 Å². The summed E-state index contributed by atoms with van der Waals surface area (Å²) in [5, 5.41) is 9.91. The van der Waals surface area contributed by atoms with Crippen molar-refractivity contribution in [2.45, 2.75) is 18.8 Å². The first-order valence-electron chi connectivity index (χ1n) is 10.3. The van der Waals surface area contributed by atoms with Crippen LogP contribution in [0.25, 0.3) is 27.8 Å². The quantitative estimate of drug-likeness (QED) is 0.430. The molecule has 0 aliphatic heterocycles. The van der Waals surface area contributed by atoms with Crippen molar-refractivity contribution in [1.29, 1.82) is 0 Å². The number of ether oxygens (including phenoxy) is 2. The topological polar surface area (TPSA) is 92.3 Å². The average Bonchev–Trinajstić information content (AvgIpc) is 3.46. The second kappa shape index (κ2) is 8.26. The monoisotopic (exact) mass is 429 g/mol. The van der Waals surface area contributed by atoms with E-state index in [1.807, 2.05) is 36.3 Å². The molecule has 6 rings (SSSR count). The number of para-hydroxylation sites is 1. The molecule has 0 spiro atoms. The van der Waals surface area contributed by atoms with Crippen molar-refractivity contribution in [3.63, 3.8) is 0 Å². The molecule has 1 saturated carbocycles. The van der Waals surface area contributed by atoms with Gasteiger partial charge >= 0.3 is 6.01 Å². The van der Waals surface area contributed by atoms with Crippen LogP contribution in [0.15, 0.2) is 55.1 Å². The molecule has 5 aromatic rings. The molecule has 4 heterocycles. The molecule has 9 nitrogen and oxygen atoms in total. The molecular formula is C23H23N7O2. The highest BCUT2D eigenvalue weighted by atomic mass is 16.5. The maximum absolute atomic E-state index is 5.36. The Bertz CT molecular complexity index is 1390. The molecule has 1 fully saturated rings. The SMILES string of the molecule is COc1ncc(-c2cc(C3CC3)c3nccn3n2)c(OC)n1.Cn1ncc2ccccc21. The lowest BCUT2D eigenvalue weighted by atomic mass is 10.1. The Morgan fingerprint density at radius 1 is 1.03 bits per heavy atom. The fourth-order valence-electron chi connectivity index (χ4n) is 3.65. The predicted octanol–water partition coefficient (Wildman–Crippen LogP) is 3.65. The summed E-state index contributed by atoms with van der Waals surface area (Å²) < 4.78 is 14.1. The highest BCUT2D eigenvalue weighted by Gasteiger charge is 2.28. The van der Waals surface area contributed by atoms with Crippen molar-refractivity contribution < 1.29 is 9.47 Å². The zero-order chi connectivity index (χ0) is 22.1. The Kier molecular flexibility index (Phi) is 5.14. The average molecular weight is 429 g/mol. The van der Waals surface area contributed by atoms with Crippen molar-refractivity contribution in [3.8, 4) is 23.1 Å². The van der Waals surface area contributed by atoms with Gasteiger partial charge in [-0.2, -0.15) is 15.2 Å². The minimum Gasteiger partial charge on any atom is -0.480 e. The summed E-state index contributed by atoms with van der Waals surface area (Å²) in [5.41, 5.74) is 4.82. The number of methoxy groups -OCH3 is 2. The molecule has 1 aliphatic rings. The lowest BCUT2D eigenvalue weighted by Gasteiger charge is -2.10. The summed E-state index contributed by atoms with van der Waals surface area (Å²) in [7, 11) is 5.04. The lowest BCUT2D eigenvalue weighted by Crippen LogP contribution is -2.02. The van der Waals surface area contributed by atoms with E-state index in [-0.39, 0.29) is 6.01 Å². The van der Waals surface area contributed by atoms with E-state index in [1.54, 1.807) is 24.0 Å². The molecule has 0 saturated heterocycles. The van der Waals surface area contributed by atoms with Crippen LogP contribution >= 0.6 is 0 Å². The van der Waals surface area contributed by atoms with E-state index in [4.69, 9.17) is 9.47 Å². The minimum absolute atomic E-state index is 0.270. The Morgan fingerprint density at radius 3 is 2.62 bits per heavy atom. The van der Waals surface area contributed by atoms with Gasteiger partial charge in [0.2, 0.25) is 5.88 Å². The highest BCUT2D eigenvalue weighted by Crippen LogP contribution is 2.43. The third-order valence-electron chi connectivity index (χ3n) is 5.44. The van der Waals surface area contributed by atoms with E-state index in [1.165, 1.54) is 36.4 Å². The zero-order valence-electron chi connectivity index (χ0n) is 18.1. The molecule has 4 aromatic heterocycles. The first kappa shape index (κ1) is 19.9. The molecule has 0 unspecified atom stereocenters. The van der Waals surface area contributed by atoms with Crippen LogP contribution in [0.3, 0.4) is 0 Å². The fraction of sp³-hybridized carbons (Fsp3) is 0.261. The highest BCUT2D eigenvalue weighted by molar-refractivity contribution is 5.78. The van der Waals surface area contributed by atoms with Gasteiger partial charge in [-0.15, -0.1) is 0 Å². The number of benzene rings is 1. The van der Waals surface area contributed by atoms with Crippen molar-refractivity contribution in [1.82, 2.24) is 34.3 Å². The summed E-state index contributed by atoms with van der Waals surface area (Å²) in [6, 6.07) is 10.5. The summed E-state index contributed by atoms with van der Waals surface area (Å²) in [5.74, 6) is 1.01. The Balaban J connectivity index is 0.000000180. The van der Waals surface area contributed by atoms with E-state index in [9.17, 15) is 0 Å². The molecule has 0 atom stereocenters. The van der Waals surface area contributed by atoms with E-state index in [0.29, 0.717) is 11.8 Å². The van der Waals surface area contributed by atoms with Crippen molar-refractivity contribution >= 4 is 16.6 Å². The van der Waals surface area contributed by atoms with Gasteiger partial charge in [0, 0.05) is 36.6 Å². The van der Waals surface area contributed by atoms with Crippen molar-refractivity contribution in [3.05, 3.63) is 60.7 Å². The fourth-order valence-corrected chi connectivity index (χ4v) is 3.65. The second-order valence-corrected chi connectivity index (χ2v) is 7.56. The number of nitrogens with zero attached hydrogens (tertiary/aromatic N) is 7. The smallest absolute Gasteiger partial charge is 0.319 e. The van der Waals surface area contributed by atoms with E-state index in [2.05, 4.69) is 43.3 Å². The van der Waals surface area contributed by atoms with Crippen LogP contribution in [0.1, 0.15) is 24.3 Å². The van der Waals surface area contributed by atoms with Crippen LogP contribution in [0.2, 0.25) is 0 Å². The molecule has 0 radical (unpaired) electrons. The zero-order valence-corrected chi connectivity index (χ0v) is 18.1.